The molecular weight excluding hydrogens is 258 g/mol. The molecule has 2 rings (SSSR count). The first kappa shape index (κ1) is 12.9. The predicted molar refractivity (Wildman–Crippen MR) is 66.6 cm³/mol. The van der Waals surface area contributed by atoms with Crippen LogP contribution in [0.25, 0.3) is 0 Å². The Morgan fingerprint density at radius 1 is 1.44 bits per heavy atom. The Balaban J connectivity index is 2.05. The molecule has 0 amide bonds. The van der Waals surface area contributed by atoms with Crippen molar-refractivity contribution in [1.29, 1.82) is 0 Å². The van der Waals surface area contributed by atoms with E-state index in [9.17, 15) is 13.6 Å². The van der Waals surface area contributed by atoms with Gasteiger partial charge in [-0.05, 0) is 25.1 Å². The highest BCUT2D eigenvalue weighted by Crippen LogP contribution is 2.18. The van der Waals surface area contributed by atoms with E-state index in [-0.39, 0.29) is 16.5 Å². The van der Waals surface area contributed by atoms with Crippen molar-refractivity contribution in [3.8, 4) is 0 Å². The molecule has 0 saturated carbocycles. The first-order valence-corrected chi connectivity index (χ1v) is 6.29. The quantitative estimate of drug-likeness (QED) is 0.897. The van der Waals surface area contributed by atoms with Gasteiger partial charge < -0.3 is 10.3 Å². The van der Waals surface area contributed by atoms with Crippen LogP contribution in [0.4, 0.5) is 8.78 Å². The topological polar surface area (TPSA) is 44.9 Å². The molecule has 0 saturated heterocycles. The average molecular weight is 270 g/mol. The molecule has 18 heavy (non-hydrogen) atoms. The molecule has 0 bridgehead atoms. The normalized spacial score (nSPS) is 12.6. The van der Waals surface area contributed by atoms with Crippen molar-refractivity contribution < 1.29 is 8.78 Å². The minimum Gasteiger partial charge on any atom is -0.315 e. The van der Waals surface area contributed by atoms with E-state index in [0.29, 0.717) is 6.54 Å². The van der Waals surface area contributed by atoms with Crippen LogP contribution in [0, 0.1) is 11.6 Å². The van der Waals surface area contributed by atoms with Crippen molar-refractivity contribution in [2.75, 3.05) is 0 Å². The highest BCUT2D eigenvalue weighted by atomic mass is 32.1. The van der Waals surface area contributed by atoms with Crippen LogP contribution in [0.3, 0.4) is 0 Å². The van der Waals surface area contributed by atoms with Crippen LogP contribution in [-0.4, -0.2) is 4.98 Å². The van der Waals surface area contributed by atoms with Crippen molar-refractivity contribution in [2.24, 2.45) is 0 Å². The van der Waals surface area contributed by atoms with E-state index in [1.165, 1.54) is 6.07 Å². The molecule has 96 valence electrons. The van der Waals surface area contributed by atoms with Gasteiger partial charge in [0, 0.05) is 29.2 Å². The maximum absolute atomic E-state index is 13.5. The molecule has 1 aromatic heterocycles. The zero-order valence-electron chi connectivity index (χ0n) is 9.67. The van der Waals surface area contributed by atoms with Gasteiger partial charge in [-0.1, -0.05) is 11.3 Å². The minimum absolute atomic E-state index is 0.128. The second kappa shape index (κ2) is 5.41. The fraction of sp³-hybridized carbons (Fsp3) is 0.250. The van der Waals surface area contributed by atoms with Crippen LogP contribution >= 0.6 is 11.3 Å². The first-order chi connectivity index (χ1) is 8.56. The van der Waals surface area contributed by atoms with Gasteiger partial charge in [0.05, 0.1) is 0 Å². The van der Waals surface area contributed by atoms with Crippen LogP contribution < -0.4 is 10.2 Å². The fourth-order valence-electron chi connectivity index (χ4n) is 1.62. The third-order valence-corrected chi connectivity index (χ3v) is 3.31. The van der Waals surface area contributed by atoms with E-state index in [1.54, 1.807) is 12.3 Å². The smallest absolute Gasteiger partial charge is 0.304 e. The van der Waals surface area contributed by atoms with Crippen LogP contribution in [0.1, 0.15) is 24.2 Å². The van der Waals surface area contributed by atoms with Gasteiger partial charge in [-0.3, -0.25) is 4.79 Å². The number of aromatic amines is 1. The summed E-state index contributed by atoms with van der Waals surface area (Å²) < 4.78 is 26.5. The third kappa shape index (κ3) is 3.02. The first-order valence-electron chi connectivity index (χ1n) is 5.41. The molecule has 2 N–H and O–H groups in total. The van der Waals surface area contributed by atoms with E-state index in [4.69, 9.17) is 0 Å². The van der Waals surface area contributed by atoms with Gasteiger partial charge in [0.1, 0.15) is 11.6 Å². The Labute approximate surface area is 106 Å². The van der Waals surface area contributed by atoms with E-state index >= 15 is 0 Å². The summed E-state index contributed by atoms with van der Waals surface area (Å²) in [6, 6.07) is 3.02. The molecule has 0 radical (unpaired) electrons. The number of rotatable bonds is 4. The summed E-state index contributed by atoms with van der Waals surface area (Å²) in [6.07, 6.45) is 0. The van der Waals surface area contributed by atoms with Crippen molar-refractivity contribution in [3.63, 3.8) is 0 Å². The lowest BCUT2D eigenvalue weighted by atomic mass is 10.1. The number of hydrogen-bond donors (Lipinski definition) is 2. The molecule has 0 aliphatic carbocycles. The Morgan fingerprint density at radius 3 is 2.89 bits per heavy atom. The molecule has 1 unspecified atom stereocenters. The average Bonchev–Trinajstić information content (AvgIpc) is 2.75. The van der Waals surface area contributed by atoms with Crippen LogP contribution in [0.15, 0.2) is 28.4 Å². The summed E-state index contributed by atoms with van der Waals surface area (Å²) in [5.41, 5.74) is 1.00. The SMILES string of the molecule is CC(NCc1csc(=O)[nH]1)c1cc(F)ccc1F. The van der Waals surface area contributed by atoms with E-state index in [1.807, 2.05) is 0 Å². The Bertz CT molecular complexity index is 594. The molecule has 0 fully saturated rings. The number of nitrogens with one attached hydrogen (secondary N) is 2. The number of hydrogen-bond acceptors (Lipinski definition) is 3. The fourth-order valence-corrected chi connectivity index (χ4v) is 2.20. The molecule has 3 nitrogen and oxygen atoms in total. The van der Waals surface area contributed by atoms with Gasteiger partial charge >= 0.3 is 4.87 Å². The third-order valence-electron chi connectivity index (χ3n) is 2.59. The van der Waals surface area contributed by atoms with E-state index in [2.05, 4.69) is 10.3 Å². The summed E-state index contributed by atoms with van der Waals surface area (Å²) in [5.74, 6) is -0.917. The lowest BCUT2D eigenvalue weighted by Gasteiger charge is -2.14. The van der Waals surface area contributed by atoms with Gasteiger partial charge in [-0.15, -0.1) is 0 Å². The number of H-pyrrole nitrogens is 1. The Hall–Kier alpha value is -1.53. The molecule has 0 spiro atoms. The summed E-state index contributed by atoms with van der Waals surface area (Å²) in [5, 5.41) is 4.72. The molecule has 0 aliphatic heterocycles. The van der Waals surface area contributed by atoms with Crippen molar-refractivity contribution in [1.82, 2.24) is 10.3 Å². The van der Waals surface area contributed by atoms with Gasteiger partial charge in [0.15, 0.2) is 0 Å². The molecule has 2 aromatic rings. The number of aromatic nitrogens is 1. The number of benzene rings is 1. The Morgan fingerprint density at radius 2 is 2.22 bits per heavy atom. The summed E-state index contributed by atoms with van der Waals surface area (Å²) in [6.45, 7) is 2.14. The van der Waals surface area contributed by atoms with Crippen molar-refractivity contribution in [2.45, 2.75) is 19.5 Å². The van der Waals surface area contributed by atoms with Crippen LogP contribution in [-0.2, 0) is 6.54 Å². The summed E-state index contributed by atoms with van der Waals surface area (Å²) in [7, 11) is 0. The summed E-state index contributed by atoms with van der Waals surface area (Å²) in [4.78, 5) is 13.4. The Kier molecular flexibility index (Phi) is 3.88. The van der Waals surface area contributed by atoms with Crippen molar-refractivity contribution in [3.05, 3.63) is 56.1 Å². The number of thiazole rings is 1. The van der Waals surface area contributed by atoms with E-state index in [0.717, 1.165) is 29.2 Å². The second-order valence-corrected chi connectivity index (χ2v) is 4.78. The predicted octanol–water partition coefficient (Wildman–Crippen LogP) is 2.57. The lowest BCUT2D eigenvalue weighted by Crippen LogP contribution is -2.20. The zero-order valence-corrected chi connectivity index (χ0v) is 10.5. The largest absolute Gasteiger partial charge is 0.315 e. The van der Waals surface area contributed by atoms with Crippen LogP contribution in [0.2, 0.25) is 0 Å². The molecule has 0 aliphatic rings. The molecule has 1 aromatic carbocycles. The van der Waals surface area contributed by atoms with Gasteiger partial charge in [-0.2, -0.15) is 0 Å². The standard InChI is InChI=1S/C12H12F2N2OS/c1-7(10-4-8(13)2-3-11(10)14)15-5-9-6-18-12(17)16-9/h2-4,6-7,15H,5H2,1H3,(H,16,17). The molecule has 6 heteroatoms. The highest BCUT2D eigenvalue weighted by molar-refractivity contribution is 7.07. The molecule has 1 heterocycles. The maximum atomic E-state index is 13.5. The molecule has 1 atom stereocenters. The van der Waals surface area contributed by atoms with Gasteiger partial charge in [0.25, 0.3) is 0 Å². The lowest BCUT2D eigenvalue weighted by molar-refractivity contribution is 0.516. The second-order valence-electron chi connectivity index (χ2n) is 3.94. The van der Waals surface area contributed by atoms with E-state index < -0.39 is 11.6 Å². The monoisotopic (exact) mass is 270 g/mol. The highest BCUT2D eigenvalue weighted by Gasteiger charge is 2.11. The molecular formula is C12H12F2N2OS. The number of halogens is 2. The minimum atomic E-state index is -0.469. The van der Waals surface area contributed by atoms with Gasteiger partial charge in [0.2, 0.25) is 0 Å². The van der Waals surface area contributed by atoms with Crippen LogP contribution in [0.5, 0.6) is 0 Å². The zero-order chi connectivity index (χ0) is 13.1. The van der Waals surface area contributed by atoms with Crippen molar-refractivity contribution >= 4 is 11.3 Å². The maximum Gasteiger partial charge on any atom is 0.304 e. The summed E-state index contributed by atoms with van der Waals surface area (Å²) >= 11 is 1.07. The van der Waals surface area contributed by atoms with Gasteiger partial charge in [-0.25, -0.2) is 8.78 Å².